The molecule has 0 bridgehead atoms. The van der Waals surface area contributed by atoms with Crippen LogP contribution in [0.5, 0.6) is 0 Å². The Balaban J connectivity index is 2.27. The van der Waals surface area contributed by atoms with Crippen molar-refractivity contribution < 1.29 is 19.4 Å². The van der Waals surface area contributed by atoms with Crippen LogP contribution in [-0.4, -0.2) is 23.7 Å². The molecule has 1 aromatic heterocycles. The van der Waals surface area contributed by atoms with Crippen LogP contribution >= 0.6 is 11.3 Å². The number of ether oxygens (including phenoxy) is 1. The van der Waals surface area contributed by atoms with Gasteiger partial charge in [-0.2, -0.15) is 0 Å². The number of esters is 1. The number of carbonyl (C=O) groups excluding carboxylic acids is 1. The van der Waals surface area contributed by atoms with E-state index in [0.717, 1.165) is 11.1 Å². The van der Waals surface area contributed by atoms with Crippen LogP contribution in [0.4, 0.5) is 0 Å². The van der Waals surface area contributed by atoms with Gasteiger partial charge in [-0.25, -0.2) is 4.79 Å². The van der Waals surface area contributed by atoms with Gasteiger partial charge in [-0.15, -0.1) is 11.3 Å². The Morgan fingerprint density at radius 1 is 1.56 bits per heavy atom. The van der Waals surface area contributed by atoms with Gasteiger partial charge < -0.3 is 9.84 Å². The molecule has 0 amide bonds. The molecule has 1 unspecified atom stereocenters. The van der Waals surface area contributed by atoms with Gasteiger partial charge >= 0.3 is 11.9 Å². The molecule has 0 radical (unpaired) electrons. The van der Waals surface area contributed by atoms with Crippen LogP contribution in [0.25, 0.3) is 0 Å². The van der Waals surface area contributed by atoms with Crippen LogP contribution in [0, 0.1) is 5.41 Å². The molecule has 1 aromatic rings. The minimum atomic E-state index is -0.767. The molecule has 0 spiro atoms. The van der Waals surface area contributed by atoms with E-state index in [4.69, 9.17) is 4.74 Å². The van der Waals surface area contributed by atoms with Crippen LogP contribution in [0.3, 0.4) is 0 Å². The van der Waals surface area contributed by atoms with E-state index >= 15 is 0 Å². The zero-order valence-corrected chi connectivity index (χ0v) is 11.3. The minimum absolute atomic E-state index is 0.289. The molecule has 2 rings (SSSR count). The third-order valence-electron chi connectivity index (χ3n) is 3.47. The number of thiophene rings is 1. The van der Waals surface area contributed by atoms with Crippen LogP contribution in [0.1, 0.15) is 41.1 Å². The number of fused-ring (bicyclic) bond motifs is 1. The second-order valence-electron chi connectivity index (χ2n) is 4.83. The van der Waals surface area contributed by atoms with Gasteiger partial charge in [0.2, 0.25) is 0 Å². The van der Waals surface area contributed by atoms with E-state index in [0.29, 0.717) is 30.7 Å². The van der Waals surface area contributed by atoms with E-state index in [-0.39, 0.29) is 5.97 Å². The minimum Gasteiger partial charge on any atom is -0.481 e. The average Bonchev–Trinajstić information content (AvgIpc) is 2.71. The second-order valence-corrected chi connectivity index (χ2v) is 5.71. The van der Waals surface area contributed by atoms with E-state index in [1.807, 2.05) is 5.38 Å². The number of carbonyl (C=O) groups is 2. The normalized spacial score (nSPS) is 22.3. The number of hydrogen-bond donors (Lipinski definition) is 1. The lowest BCUT2D eigenvalue weighted by molar-refractivity contribution is -0.148. The summed E-state index contributed by atoms with van der Waals surface area (Å²) in [5.41, 5.74) is 1.26. The van der Waals surface area contributed by atoms with Crippen molar-refractivity contribution in [2.24, 2.45) is 5.41 Å². The summed E-state index contributed by atoms with van der Waals surface area (Å²) in [6.07, 6.45) is 1.70. The lowest BCUT2D eigenvalue weighted by Crippen LogP contribution is -2.33. The van der Waals surface area contributed by atoms with Crippen molar-refractivity contribution in [2.75, 3.05) is 6.61 Å². The molecule has 1 heterocycles. The number of rotatable bonds is 3. The summed E-state index contributed by atoms with van der Waals surface area (Å²) >= 11 is 1.36. The van der Waals surface area contributed by atoms with E-state index < -0.39 is 11.4 Å². The van der Waals surface area contributed by atoms with Crippen molar-refractivity contribution in [3.63, 3.8) is 0 Å². The van der Waals surface area contributed by atoms with Gasteiger partial charge in [0.05, 0.1) is 12.0 Å². The fraction of sp³-hybridized carbons (Fsp3) is 0.538. The maximum absolute atomic E-state index is 11.7. The van der Waals surface area contributed by atoms with Crippen molar-refractivity contribution in [3.05, 3.63) is 21.4 Å². The summed E-state index contributed by atoms with van der Waals surface area (Å²) < 4.78 is 5.01. The first kappa shape index (κ1) is 13.1. The van der Waals surface area contributed by atoms with Crippen molar-refractivity contribution in [1.29, 1.82) is 0 Å². The maximum Gasteiger partial charge on any atom is 0.348 e. The Morgan fingerprint density at radius 2 is 2.28 bits per heavy atom. The molecule has 1 aliphatic carbocycles. The maximum atomic E-state index is 11.7. The quantitative estimate of drug-likeness (QED) is 0.855. The number of aliphatic carboxylic acids is 1. The molecule has 0 aromatic carbocycles. The van der Waals surface area contributed by atoms with Crippen LogP contribution < -0.4 is 0 Å². The van der Waals surface area contributed by atoms with Crippen LogP contribution in [0.15, 0.2) is 5.38 Å². The first-order chi connectivity index (χ1) is 8.48. The number of carboxylic acid groups (broad SMARTS) is 1. The van der Waals surface area contributed by atoms with E-state index in [9.17, 15) is 14.7 Å². The molecular formula is C13H16O4S. The van der Waals surface area contributed by atoms with Crippen molar-refractivity contribution in [2.45, 2.75) is 33.1 Å². The molecule has 0 fully saturated rings. The monoisotopic (exact) mass is 268 g/mol. The van der Waals surface area contributed by atoms with Gasteiger partial charge in [-0.05, 0) is 49.6 Å². The second kappa shape index (κ2) is 4.72. The highest BCUT2D eigenvalue weighted by atomic mass is 32.1. The molecule has 1 N–H and O–H groups in total. The van der Waals surface area contributed by atoms with Crippen LogP contribution in [0.2, 0.25) is 0 Å². The highest BCUT2D eigenvalue weighted by Gasteiger charge is 2.38. The van der Waals surface area contributed by atoms with E-state index in [2.05, 4.69) is 0 Å². The summed E-state index contributed by atoms with van der Waals surface area (Å²) in [5.74, 6) is -1.06. The predicted molar refractivity (Wildman–Crippen MR) is 68.0 cm³/mol. The standard InChI is InChI=1S/C13H16O4S/c1-3-17-11(14)10-9-4-5-13(2,12(15)16)6-8(9)7-18-10/h7H,3-6H2,1-2H3,(H,15,16). The Morgan fingerprint density at radius 3 is 2.89 bits per heavy atom. The molecule has 0 aliphatic heterocycles. The third-order valence-corrected chi connectivity index (χ3v) is 4.52. The summed E-state index contributed by atoms with van der Waals surface area (Å²) in [6, 6.07) is 0. The molecule has 1 aliphatic rings. The average molecular weight is 268 g/mol. The fourth-order valence-electron chi connectivity index (χ4n) is 2.30. The Bertz CT molecular complexity index is 491. The lowest BCUT2D eigenvalue weighted by atomic mass is 9.74. The number of hydrogen-bond acceptors (Lipinski definition) is 4. The van der Waals surface area contributed by atoms with Gasteiger partial charge in [-0.1, -0.05) is 0 Å². The van der Waals surface area contributed by atoms with Gasteiger partial charge in [0.15, 0.2) is 0 Å². The summed E-state index contributed by atoms with van der Waals surface area (Å²) in [6.45, 7) is 3.90. The lowest BCUT2D eigenvalue weighted by Gasteiger charge is -2.29. The molecule has 5 heteroatoms. The zero-order chi connectivity index (χ0) is 13.3. The highest BCUT2D eigenvalue weighted by molar-refractivity contribution is 7.12. The highest BCUT2D eigenvalue weighted by Crippen LogP contribution is 2.39. The summed E-state index contributed by atoms with van der Waals surface area (Å²) in [4.78, 5) is 23.6. The molecule has 0 saturated heterocycles. The smallest absolute Gasteiger partial charge is 0.348 e. The number of carboxylic acids is 1. The van der Waals surface area contributed by atoms with Gasteiger partial charge in [0.1, 0.15) is 4.88 Å². The molecule has 0 saturated carbocycles. The molecular weight excluding hydrogens is 252 g/mol. The van der Waals surface area contributed by atoms with Crippen molar-refractivity contribution >= 4 is 23.3 Å². The topological polar surface area (TPSA) is 63.6 Å². The van der Waals surface area contributed by atoms with Crippen molar-refractivity contribution in [3.8, 4) is 0 Å². The van der Waals surface area contributed by atoms with Gasteiger partial charge in [0.25, 0.3) is 0 Å². The third kappa shape index (κ3) is 2.14. The van der Waals surface area contributed by atoms with E-state index in [1.165, 1.54) is 11.3 Å². The molecule has 98 valence electrons. The Kier molecular flexibility index (Phi) is 3.43. The molecule has 1 atom stereocenters. The van der Waals surface area contributed by atoms with Gasteiger partial charge in [-0.3, -0.25) is 4.79 Å². The van der Waals surface area contributed by atoms with Crippen LogP contribution in [-0.2, 0) is 22.4 Å². The van der Waals surface area contributed by atoms with Crippen molar-refractivity contribution in [1.82, 2.24) is 0 Å². The van der Waals surface area contributed by atoms with Gasteiger partial charge in [0, 0.05) is 0 Å². The SMILES string of the molecule is CCOC(=O)c1scc2c1CCC(C)(C(=O)O)C2. The molecule has 18 heavy (non-hydrogen) atoms. The molecule has 4 nitrogen and oxygen atoms in total. The Hall–Kier alpha value is -1.36. The summed E-state index contributed by atoms with van der Waals surface area (Å²) in [5, 5.41) is 11.1. The first-order valence-corrected chi connectivity index (χ1v) is 6.85. The largest absolute Gasteiger partial charge is 0.481 e. The first-order valence-electron chi connectivity index (χ1n) is 5.97. The zero-order valence-electron chi connectivity index (χ0n) is 10.5. The van der Waals surface area contributed by atoms with E-state index in [1.54, 1.807) is 13.8 Å². The fourth-order valence-corrected chi connectivity index (χ4v) is 3.32. The Labute approximate surface area is 110 Å². The predicted octanol–water partition coefficient (Wildman–Crippen LogP) is 2.50. The summed E-state index contributed by atoms with van der Waals surface area (Å²) in [7, 11) is 0.